The molecule has 0 unspecified atom stereocenters. The summed E-state index contributed by atoms with van der Waals surface area (Å²) in [6.07, 6.45) is 0. The summed E-state index contributed by atoms with van der Waals surface area (Å²) in [7, 11) is 0. The molecule has 24 valence electrons. The van der Waals surface area contributed by atoms with Gasteiger partial charge in [-0.3, -0.25) is 0 Å². The van der Waals surface area contributed by atoms with Gasteiger partial charge < -0.3 is 0 Å². The molecule has 0 radical (unpaired) electrons. The molecule has 0 atom stereocenters. The molecular weight excluding hydrogens is 171 g/mol. The molecule has 0 nitrogen and oxygen atoms in total. The fraction of sp³-hybridized carbons (Fsp3) is 0. The molecule has 0 fully saturated rings. The van der Waals surface area contributed by atoms with Crippen molar-refractivity contribution in [2.75, 3.05) is 0 Å². The van der Waals surface area contributed by atoms with Crippen LogP contribution in [-0.2, 0) is 19.5 Å². The topological polar surface area (TPSA) is 0 Å². The molecule has 0 aliphatic carbocycles. The monoisotopic (exact) mass is 180 g/mol. The van der Waals surface area contributed by atoms with Crippen LogP contribution < -0.4 is 0 Å². The normalized spacial score (nSPS) is 0. The third-order valence-electron chi connectivity index (χ3n) is 0. The Kier molecular flexibility index (Phi) is 245. The van der Waals surface area contributed by atoms with E-state index in [9.17, 15) is 0 Å². The van der Waals surface area contributed by atoms with Crippen molar-refractivity contribution < 1.29 is 19.5 Å². The van der Waals surface area contributed by atoms with E-state index < -0.39 is 0 Å². The molecule has 0 aromatic heterocycles. The quantitative estimate of drug-likeness (QED) is 0.331. The van der Waals surface area contributed by atoms with Gasteiger partial charge >= 0.3 is 23.1 Å². The van der Waals surface area contributed by atoms with Gasteiger partial charge in [0.05, 0.1) is 0 Å². The maximum atomic E-state index is 0. The summed E-state index contributed by atoms with van der Waals surface area (Å²) in [6, 6.07) is 0. The van der Waals surface area contributed by atoms with E-state index >= 15 is 0 Å². The Morgan fingerprint density at radius 1 is 0.600 bits per heavy atom. The molecule has 0 saturated heterocycles. The molecule has 0 aliphatic heterocycles. The minimum absolute atomic E-state index is 0. The summed E-state index contributed by atoms with van der Waals surface area (Å²) in [6.45, 7) is 0. The first kappa shape index (κ1) is 43.7. The predicted molar refractivity (Wildman–Crippen MR) is 38.4 cm³/mol. The van der Waals surface area contributed by atoms with Gasteiger partial charge in [0.15, 0.2) is 52.1 Å². The maximum Gasteiger partial charge on any atom is 0.316 e. The Morgan fingerprint density at radius 2 is 0.600 bits per heavy atom. The third kappa shape index (κ3) is 19.5. The van der Waals surface area contributed by atoms with Crippen LogP contribution in [0.5, 0.6) is 0 Å². The smallest absolute Gasteiger partial charge is 0 e. The van der Waals surface area contributed by atoms with E-state index in [0.717, 1.165) is 0 Å². The van der Waals surface area contributed by atoms with Crippen LogP contribution in [0.4, 0.5) is 0 Å². The second-order valence-electron chi connectivity index (χ2n) is 0. The van der Waals surface area contributed by atoms with Crippen molar-refractivity contribution in [2.24, 2.45) is 0 Å². The Balaban J connectivity index is 0. The number of hydrogen-bond acceptors (Lipinski definition) is 0. The van der Waals surface area contributed by atoms with E-state index in [4.69, 9.17) is 0 Å². The molecule has 0 bridgehead atoms. The van der Waals surface area contributed by atoms with Gasteiger partial charge in [0.25, 0.3) is 0 Å². The van der Waals surface area contributed by atoms with Crippen LogP contribution in [0.15, 0.2) is 0 Å². The van der Waals surface area contributed by atoms with Crippen molar-refractivity contribution in [3.8, 4) is 0 Å². The standard InChI is InChI=1S/3Al.Mg.Zn.11H. The van der Waals surface area contributed by atoms with Crippen LogP contribution >= 0.6 is 0 Å². The molecule has 5 heavy (non-hydrogen) atoms. The zero-order valence-corrected chi connectivity index (χ0v) is 3.67. The first-order valence-corrected chi connectivity index (χ1v) is 0. The first-order valence-electron chi connectivity index (χ1n) is 0. The van der Waals surface area contributed by atoms with Crippen molar-refractivity contribution >= 4 is 75.1 Å². The van der Waals surface area contributed by atoms with E-state index in [-0.39, 0.29) is 94.6 Å². The maximum absolute atomic E-state index is 0. The van der Waals surface area contributed by atoms with Gasteiger partial charge in [0, 0.05) is 19.5 Å². The molecule has 0 N–H and O–H groups in total. The first-order chi connectivity index (χ1) is 0. The van der Waals surface area contributed by atoms with Crippen molar-refractivity contribution in [2.45, 2.75) is 0 Å². The van der Waals surface area contributed by atoms with Crippen LogP contribution in [0.2, 0.25) is 0 Å². The molecular formula is H11Al3MgZn. The molecule has 0 spiro atoms. The molecule has 0 aromatic carbocycles. The van der Waals surface area contributed by atoms with Gasteiger partial charge in [0.2, 0.25) is 0 Å². The fourth-order valence-corrected chi connectivity index (χ4v) is 0. The van der Waals surface area contributed by atoms with E-state index in [1.165, 1.54) is 0 Å². The Morgan fingerprint density at radius 3 is 0.600 bits per heavy atom. The van der Waals surface area contributed by atoms with Gasteiger partial charge in [0.1, 0.15) is 0 Å². The van der Waals surface area contributed by atoms with E-state index in [1.54, 1.807) is 0 Å². The van der Waals surface area contributed by atoms with E-state index in [1.807, 2.05) is 0 Å². The summed E-state index contributed by atoms with van der Waals surface area (Å²) in [5.74, 6) is 0. The summed E-state index contributed by atoms with van der Waals surface area (Å²) >= 11 is 0. The second kappa shape index (κ2) is 28.1. The largest absolute Gasteiger partial charge is 0.316 e. The molecule has 0 aromatic rings. The van der Waals surface area contributed by atoms with E-state index in [2.05, 4.69) is 0 Å². The van der Waals surface area contributed by atoms with Gasteiger partial charge in [-0.25, -0.2) is 0 Å². The van der Waals surface area contributed by atoms with Gasteiger partial charge in [-0.2, -0.15) is 0 Å². The Bertz CT molecular complexity index is 6.85. The predicted octanol–water partition coefficient (Wildman–Crippen LogP) is -4.47. The van der Waals surface area contributed by atoms with Crippen molar-refractivity contribution in [3.63, 3.8) is 0 Å². The number of hydrogen-bond donors (Lipinski definition) is 0. The van der Waals surface area contributed by atoms with Gasteiger partial charge in [-0.05, 0) is 0 Å². The van der Waals surface area contributed by atoms with Crippen molar-refractivity contribution in [3.05, 3.63) is 0 Å². The number of rotatable bonds is 0. The second-order valence-corrected chi connectivity index (χ2v) is 0. The van der Waals surface area contributed by atoms with Crippen LogP contribution in [-0.4, -0.2) is 75.1 Å². The van der Waals surface area contributed by atoms with Gasteiger partial charge in [-0.1, -0.05) is 0 Å². The van der Waals surface area contributed by atoms with Crippen LogP contribution in [0.1, 0.15) is 0 Å². The van der Waals surface area contributed by atoms with Crippen LogP contribution in [0, 0.1) is 0 Å². The average molecular weight is 182 g/mol. The van der Waals surface area contributed by atoms with Crippen LogP contribution in [0.25, 0.3) is 0 Å². The average Bonchev–Trinajstić information content (AvgIpc) is 0. The molecule has 0 heterocycles. The molecule has 0 rings (SSSR count). The summed E-state index contributed by atoms with van der Waals surface area (Å²) in [4.78, 5) is 0. The van der Waals surface area contributed by atoms with Crippen molar-refractivity contribution in [1.82, 2.24) is 0 Å². The molecule has 0 saturated carbocycles. The molecule has 0 amide bonds. The molecule has 0 aliphatic rings. The Labute approximate surface area is 93.1 Å². The minimum atomic E-state index is 0. The fourth-order valence-electron chi connectivity index (χ4n) is 0. The summed E-state index contributed by atoms with van der Waals surface area (Å²) < 4.78 is 0. The summed E-state index contributed by atoms with van der Waals surface area (Å²) in [5.41, 5.74) is 0. The summed E-state index contributed by atoms with van der Waals surface area (Å²) in [5, 5.41) is 0. The molecule has 5 heteroatoms. The SMILES string of the molecule is [AlH3].[AlH3].[AlH3].[MgH2].[Zn]. The zero-order valence-electron chi connectivity index (χ0n) is 0.707. The minimum Gasteiger partial charge on any atom is 0 e. The third-order valence-corrected chi connectivity index (χ3v) is 0. The Hall–Kier alpha value is 2.99. The van der Waals surface area contributed by atoms with Gasteiger partial charge in [-0.15, -0.1) is 0 Å². The zero-order chi connectivity index (χ0) is 0. The van der Waals surface area contributed by atoms with Crippen LogP contribution in [0.3, 0.4) is 0 Å². The van der Waals surface area contributed by atoms with E-state index in [0.29, 0.717) is 0 Å². The van der Waals surface area contributed by atoms with Crippen molar-refractivity contribution in [1.29, 1.82) is 0 Å².